The molecule has 0 unspecified atom stereocenters. The van der Waals surface area contributed by atoms with Gasteiger partial charge in [-0.1, -0.05) is 55.8 Å². The predicted molar refractivity (Wildman–Crippen MR) is 76.9 cm³/mol. The van der Waals surface area contributed by atoms with Crippen molar-refractivity contribution in [2.24, 2.45) is 0 Å². The Morgan fingerprint density at radius 2 is 1.50 bits per heavy atom. The first-order valence-corrected chi connectivity index (χ1v) is 6.61. The molecule has 0 aliphatic carbocycles. The lowest BCUT2D eigenvalue weighted by atomic mass is 10.1. The molecule has 0 saturated carbocycles. The van der Waals surface area contributed by atoms with Gasteiger partial charge in [0.15, 0.2) is 12.4 Å². The van der Waals surface area contributed by atoms with E-state index >= 15 is 0 Å². The van der Waals surface area contributed by atoms with Crippen molar-refractivity contribution < 1.29 is 4.57 Å². The molecule has 1 heteroatoms. The Hall–Kier alpha value is -1.89. The van der Waals surface area contributed by atoms with E-state index in [1.54, 1.807) is 0 Å². The van der Waals surface area contributed by atoms with E-state index < -0.39 is 0 Å². The van der Waals surface area contributed by atoms with E-state index in [0.717, 1.165) is 6.54 Å². The molecule has 18 heavy (non-hydrogen) atoms. The molecule has 0 fully saturated rings. The number of nitrogens with zero attached hydrogens (tertiary/aromatic N) is 1. The van der Waals surface area contributed by atoms with Gasteiger partial charge in [0.25, 0.3) is 0 Å². The highest BCUT2D eigenvalue weighted by Gasteiger charge is 1.97. The summed E-state index contributed by atoms with van der Waals surface area (Å²) in [6.45, 7) is 3.33. The minimum atomic E-state index is 1.11. The van der Waals surface area contributed by atoms with Crippen LogP contribution in [0.3, 0.4) is 0 Å². The maximum atomic E-state index is 2.24. The van der Waals surface area contributed by atoms with Crippen molar-refractivity contribution in [2.75, 3.05) is 0 Å². The molecule has 1 aromatic carbocycles. The number of aromatic nitrogens is 1. The molecule has 0 amide bonds. The second-order valence-electron chi connectivity index (χ2n) is 4.47. The van der Waals surface area contributed by atoms with Gasteiger partial charge in [-0.2, -0.15) is 0 Å². The van der Waals surface area contributed by atoms with Crippen LogP contribution in [0.1, 0.15) is 30.9 Å². The summed E-state index contributed by atoms with van der Waals surface area (Å²) in [5.74, 6) is 0. The zero-order valence-electron chi connectivity index (χ0n) is 10.9. The van der Waals surface area contributed by atoms with Gasteiger partial charge in [-0.15, -0.1) is 0 Å². The van der Waals surface area contributed by atoms with Gasteiger partial charge < -0.3 is 0 Å². The monoisotopic (exact) mass is 238 g/mol. The Labute approximate surface area is 109 Å². The van der Waals surface area contributed by atoms with Crippen molar-refractivity contribution in [1.82, 2.24) is 0 Å². The second-order valence-corrected chi connectivity index (χ2v) is 4.47. The van der Waals surface area contributed by atoms with Gasteiger partial charge in [0, 0.05) is 18.6 Å². The standard InChI is InChI=1S/C17H20N/c1-2-3-13-18-14-11-17(12-15-18)10-9-16-7-5-4-6-8-16/h4-12,14-15H,2-3,13H2,1H3/q+1/b10-9+. The van der Waals surface area contributed by atoms with E-state index in [4.69, 9.17) is 0 Å². The number of unbranched alkanes of at least 4 members (excludes halogenated alkanes) is 1. The number of hydrogen-bond acceptors (Lipinski definition) is 0. The average Bonchev–Trinajstić information content (AvgIpc) is 2.45. The topological polar surface area (TPSA) is 3.88 Å². The zero-order chi connectivity index (χ0) is 12.6. The molecule has 0 radical (unpaired) electrons. The highest BCUT2D eigenvalue weighted by molar-refractivity contribution is 5.68. The summed E-state index contributed by atoms with van der Waals surface area (Å²) < 4.78 is 2.24. The molecule has 0 aliphatic rings. The van der Waals surface area contributed by atoms with E-state index in [1.807, 2.05) is 6.07 Å². The van der Waals surface area contributed by atoms with Gasteiger partial charge in [-0.25, -0.2) is 4.57 Å². The third-order valence-corrected chi connectivity index (χ3v) is 2.95. The fraction of sp³-hybridized carbons (Fsp3) is 0.235. The van der Waals surface area contributed by atoms with Crippen molar-refractivity contribution in [3.05, 3.63) is 66.0 Å². The van der Waals surface area contributed by atoms with Gasteiger partial charge in [-0.05, 0) is 11.1 Å². The Balaban J connectivity index is 2.00. The largest absolute Gasteiger partial charge is 0.205 e. The van der Waals surface area contributed by atoms with Crippen molar-refractivity contribution in [3.63, 3.8) is 0 Å². The lowest BCUT2D eigenvalue weighted by Gasteiger charge is -1.96. The van der Waals surface area contributed by atoms with Crippen LogP contribution >= 0.6 is 0 Å². The molecule has 0 N–H and O–H groups in total. The number of aryl methyl sites for hydroxylation is 1. The van der Waals surface area contributed by atoms with Crippen LogP contribution in [-0.2, 0) is 6.54 Å². The molecule has 1 aromatic heterocycles. The Morgan fingerprint density at radius 3 is 2.11 bits per heavy atom. The second kappa shape index (κ2) is 6.75. The summed E-state index contributed by atoms with van der Waals surface area (Å²) in [5.41, 5.74) is 2.48. The van der Waals surface area contributed by atoms with Crippen LogP contribution in [0.15, 0.2) is 54.9 Å². The van der Waals surface area contributed by atoms with Crippen LogP contribution in [-0.4, -0.2) is 0 Å². The van der Waals surface area contributed by atoms with Gasteiger partial charge in [0.1, 0.15) is 6.54 Å². The van der Waals surface area contributed by atoms with Crippen LogP contribution in [0.2, 0.25) is 0 Å². The summed E-state index contributed by atoms with van der Waals surface area (Å²) in [6, 6.07) is 14.7. The van der Waals surface area contributed by atoms with E-state index in [9.17, 15) is 0 Å². The van der Waals surface area contributed by atoms with E-state index in [2.05, 4.69) is 72.4 Å². The van der Waals surface area contributed by atoms with Crippen LogP contribution in [0, 0.1) is 0 Å². The quantitative estimate of drug-likeness (QED) is 0.695. The fourth-order valence-electron chi connectivity index (χ4n) is 1.83. The van der Waals surface area contributed by atoms with E-state index in [-0.39, 0.29) is 0 Å². The molecule has 92 valence electrons. The third kappa shape index (κ3) is 3.85. The molecule has 0 bridgehead atoms. The Kier molecular flexibility index (Phi) is 4.71. The van der Waals surface area contributed by atoms with Crippen LogP contribution < -0.4 is 4.57 Å². The SMILES string of the molecule is CCCC[n+]1ccc(/C=C/c2ccccc2)cc1. The summed E-state index contributed by atoms with van der Waals surface area (Å²) in [4.78, 5) is 0. The van der Waals surface area contributed by atoms with Crippen molar-refractivity contribution in [3.8, 4) is 0 Å². The van der Waals surface area contributed by atoms with Gasteiger partial charge in [0.2, 0.25) is 0 Å². The van der Waals surface area contributed by atoms with Crippen LogP contribution in [0.4, 0.5) is 0 Å². The molecule has 0 spiro atoms. The van der Waals surface area contributed by atoms with Gasteiger partial charge >= 0.3 is 0 Å². The van der Waals surface area contributed by atoms with Crippen LogP contribution in [0.5, 0.6) is 0 Å². The molecular weight excluding hydrogens is 218 g/mol. The minimum Gasteiger partial charge on any atom is -0.205 e. The first-order chi connectivity index (χ1) is 8.88. The number of hydrogen-bond donors (Lipinski definition) is 0. The van der Waals surface area contributed by atoms with Crippen molar-refractivity contribution in [2.45, 2.75) is 26.3 Å². The Bertz CT molecular complexity index is 483. The summed E-state index contributed by atoms with van der Waals surface area (Å²) in [6.07, 6.45) is 11.1. The van der Waals surface area contributed by atoms with Crippen molar-refractivity contribution >= 4 is 12.2 Å². The van der Waals surface area contributed by atoms with E-state index in [1.165, 1.54) is 24.0 Å². The van der Waals surface area contributed by atoms with Crippen molar-refractivity contribution in [1.29, 1.82) is 0 Å². The molecule has 1 nitrogen and oxygen atoms in total. The molecule has 1 heterocycles. The number of pyridine rings is 1. The Morgan fingerprint density at radius 1 is 0.889 bits per heavy atom. The van der Waals surface area contributed by atoms with Gasteiger partial charge in [-0.3, -0.25) is 0 Å². The average molecular weight is 238 g/mol. The third-order valence-electron chi connectivity index (χ3n) is 2.95. The highest BCUT2D eigenvalue weighted by atomic mass is 14.9. The lowest BCUT2D eigenvalue weighted by molar-refractivity contribution is -0.697. The lowest BCUT2D eigenvalue weighted by Crippen LogP contribution is -2.32. The van der Waals surface area contributed by atoms with Gasteiger partial charge in [0.05, 0.1) is 0 Å². The van der Waals surface area contributed by atoms with Crippen LogP contribution in [0.25, 0.3) is 12.2 Å². The first kappa shape index (κ1) is 12.6. The molecular formula is C17H20N+. The van der Waals surface area contributed by atoms with E-state index in [0.29, 0.717) is 0 Å². The summed E-state index contributed by atoms with van der Waals surface area (Å²) in [5, 5.41) is 0. The first-order valence-electron chi connectivity index (χ1n) is 6.61. The maximum absolute atomic E-state index is 2.24. The molecule has 2 rings (SSSR count). The molecule has 2 aromatic rings. The number of benzene rings is 1. The summed E-state index contributed by atoms with van der Waals surface area (Å²) in [7, 11) is 0. The predicted octanol–water partition coefficient (Wildman–Crippen LogP) is 3.94. The molecule has 0 atom stereocenters. The molecule has 0 aliphatic heterocycles. The minimum absolute atomic E-state index is 1.11. The fourth-order valence-corrected chi connectivity index (χ4v) is 1.83. The summed E-state index contributed by atoms with van der Waals surface area (Å²) >= 11 is 0. The highest BCUT2D eigenvalue weighted by Crippen LogP contribution is 2.06. The maximum Gasteiger partial charge on any atom is 0.169 e. The molecule has 0 saturated heterocycles. The smallest absolute Gasteiger partial charge is 0.169 e. The number of rotatable bonds is 5. The normalized spacial score (nSPS) is 10.9. The zero-order valence-corrected chi connectivity index (χ0v) is 10.9.